The molecule has 1 aliphatic carbocycles. The third kappa shape index (κ3) is 3.57. The van der Waals surface area contributed by atoms with E-state index in [1.807, 2.05) is 0 Å². The quantitative estimate of drug-likeness (QED) is 0.808. The number of benzene rings is 1. The Hall–Kier alpha value is -0.820. The van der Waals surface area contributed by atoms with Crippen LogP contribution in [0.2, 0.25) is 0 Å². The molecule has 94 valence electrons. The summed E-state index contributed by atoms with van der Waals surface area (Å²) < 4.78 is 0. The van der Waals surface area contributed by atoms with E-state index >= 15 is 0 Å². The number of hydrogen-bond acceptors (Lipinski definition) is 1. The molecule has 0 aromatic heterocycles. The van der Waals surface area contributed by atoms with Crippen molar-refractivity contribution in [2.45, 2.75) is 64.0 Å². The lowest BCUT2D eigenvalue weighted by Crippen LogP contribution is -2.47. The van der Waals surface area contributed by atoms with Crippen molar-refractivity contribution in [3.63, 3.8) is 0 Å². The Bertz CT molecular complexity index is 336. The molecule has 1 saturated carbocycles. The van der Waals surface area contributed by atoms with Gasteiger partial charge >= 0.3 is 0 Å². The maximum atomic E-state index is 3.81. The first kappa shape index (κ1) is 12.6. The summed E-state index contributed by atoms with van der Waals surface area (Å²) in [5.41, 5.74) is 1.73. The van der Waals surface area contributed by atoms with Gasteiger partial charge in [0.15, 0.2) is 0 Å². The van der Waals surface area contributed by atoms with Gasteiger partial charge in [0, 0.05) is 11.6 Å². The summed E-state index contributed by atoms with van der Waals surface area (Å²) >= 11 is 0. The normalized spacial score (nSPS) is 25.8. The summed E-state index contributed by atoms with van der Waals surface area (Å²) in [5.74, 6) is 0.698. The van der Waals surface area contributed by atoms with Crippen LogP contribution in [0.4, 0.5) is 0 Å². The summed E-state index contributed by atoms with van der Waals surface area (Å²) in [6.45, 7) is 6.80. The van der Waals surface area contributed by atoms with Crippen molar-refractivity contribution in [1.29, 1.82) is 0 Å². The van der Waals surface area contributed by atoms with Crippen molar-refractivity contribution in [1.82, 2.24) is 5.32 Å². The zero-order chi connectivity index (χ0) is 12.3. The van der Waals surface area contributed by atoms with E-state index in [9.17, 15) is 0 Å². The summed E-state index contributed by atoms with van der Waals surface area (Å²) in [6.07, 6.45) is 5.40. The lowest BCUT2D eigenvalue weighted by atomic mass is 9.79. The van der Waals surface area contributed by atoms with Gasteiger partial charge in [-0.05, 0) is 45.1 Å². The molecule has 1 aromatic rings. The van der Waals surface area contributed by atoms with Crippen LogP contribution in [0.1, 0.15) is 57.9 Å². The summed E-state index contributed by atoms with van der Waals surface area (Å²) in [6, 6.07) is 11.7. The van der Waals surface area contributed by atoms with Gasteiger partial charge in [-0.3, -0.25) is 0 Å². The number of hydrogen-bond donors (Lipinski definition) is 1. The van der Waals surface area contributed by atoms with Crippen LogP contribution in [0.3, 0.4) is 0 Å². The van der Waals surface area contributed by atoms with Gasteiger partial charge in [-0.25, -0.2) is 0 Å². The fraction of sp³-hybridized carbons (Fsp3) is 0.625. The molecular formula is C16H25N. The molecule has 0 aliphatic heterocycles. The smallest absolute Gasteiger partial charge is 0.0141 e. The van der Waals surface area contributed by atoms with Gasteiger partial charge in [-0.15, -0.1) is 0 Å². The van der Waals surface area contributed by atoms with E-state index < -0.39 is 0 Å². The van der Waals surface area contributed by atoms with Crippen molar-refractivity contribution in [2.75, 3.05) is 0 Å². The molecule has 0 heterocycles. The molecule has 0 saturated heterocycles. The minimum absolute atomic E-state index is 0.217. The highest BCUT2D eigenvalue weighted by Crippen LogP contribution is 2.33. The van der Waals surface area contributed by atoms with Crippen molar-refractivity contribution in [3.8, 4) is 0 Å². The van der Waals surface area contributed by atoms with E-state index in [1.54, 1.807) is 0 Å². The van der Waals surface area contributed by atoms with Crippen molar-refractivity contribution < 1.29 is 0 Å². The van der Waals surface area contributed by atoms with Crippen molar-refractivity contribution >= 4 is 0 Å². The topological polar surface area (TPSA) is 12.0 Å². The van der Waals surface area contributed by atoms with Gasteiger partial charge in [-0.2, -0.15) is 0 Å². The van der Waals surface area contributed by atoms with Crippen LogP contribution in [-0.4, -0.2) is 11.6 Å². The van der Waals surface area contributed by atoms with Crippen LogP contribution in [0.15, 0.2) is 30.3 Å². The second-order valence-electron chi connectivity index (χ2n) is 6.30. The lowest BCUT2D eigenvalue weighted by Gasteiger charge is -2.37. The van der Waals surface area contributed by atoms with Crippen LogP contribution in [-0.2, 0) is 0 Å². The van der Waals surface area contributed by atoms with E-state index in [-0.39, 0.29) is 5.54 Å². The minimum Gasteiger partial charge on any atom is -0.309 e. The van der Waals surface area contributed by atoms with Gasteiger partial charge in [0.1, 0.15) is 0 Å². The summed E-state index contributed by atoms with van der Waals surface area (Å²) in [4.78, 5) is 0. The number of nitrogens with one attached hydrogen (secondary N) is 1. The molecule has 1 fully saturated rings. The van der Waals surface area contributed by atoms with Gasteiger partial charge in [-0.1, -0.05) is 43.2 Å². The zero-order valence-corrected chi connectivity index (χ0v) is 11.4. The highest BCUT2D eigenvalue weighted by molar-refractivity contribution is 5.22. The SMILES string of the molecule is CC(C)(C)N[C@H]1CCCCC1c1ccccc1. The molecule has 17 heavy (non-hydrogen) atoms. The minimum atomic E-state index is 0.217. The molecule has 0 spiro atoms. The van der Waals surface area contributed by atoms with Crippen LogP contribution in [0.25, 0.3) is 0 Å². The van der Waals surface area contributed by atoms with Crippen molar-refractivity contribution in [2.24, 2.45) is 0 Å². The lowest BCUT2D eigenvalue weighted by molar-refractivity contribution is 0.265. The molecule has 0 amide bonds. The fourth-order valence-electron chi connectivity index (χ4n) is 2.96. The highest BCUT2D eigenvalue weighted by Gasteiger charge is 2.28. The van der Waals surface area contributed by atoms with Crippen LogP contribution in [0.5, 0.6) is 0 Å². The predicted molar refractivity (Wildman–Crippen MR) is 74.3 cm³/mol. The molecule has 1 aliphatic rings. The Balaban J connectivity index is 2.13. The van der Waals surface area contributed by atoms with Gasteiger partial charge < -0.3 is 5.32 Å². The molecule has 1 nitrogen and oxygen atoms in total. The monoisotopic (exact) mass is 231 g/mol. The van der Waals surface area contributed by atoms with E-state index in [1.165, 1.54) is 31.2 Å². The highest BCUT2D eigenvalue weighted by atomic mass is 15.0. The predicted octanol–water partition coefficient (Wildman–Crippen LogP) is 4.10. The van der Waals surface area contributed by atoms with Gasteiger partial charge in [0.05, 0.1) is 0 Å². The number of rotatable bonds is 2. The molecule has 2 atom stereocenters. The maximum Gasteiger partial charge on any atom is 0.0141 e. The first-order valence-corrected chi connectivity index (χ1v) is 6.89. The molecule has 1 heteroatoms. The molecular weight excluding hydrogens is 206 g/mol. The maximum absolute atomic E-state index is 3.81. The standard InChI is InChI=1S/C16H25N/c1-16(2,3)17-15-12-8-7-11-14(15)13-9-5-4-6-10-13/h4-6,9-10,14-15,17H,7-8,11-12H2,1-3H3/t14?,15-/m0/s1. The third-order valence-corrected chi connectivity index (χ3v) is 3.61. The van der Waals surface area contributed by atoms with Crippen LogP contribution < -0.4 is 5.32 Å². The Labute approximate surface area is 106 Å². The largest absolute Gasteiger partial charge is 0.309 e. The average Bonchev–Trinajstić information content (AvgIpc) is 2.29. The molecule has 1 unspecified atom stereocenters. The average molecular weight is 231 g/mol. The molecule has 1 N–H and O–H groups in total. The van der Waals surface area contributed by atoms with Crippen LogP contribution >= 0.6 is 0 Å². The summed E-state index contributed by atoms with van der Waals surface area (Å²) in [7, 11) is 0. The van der Waals surface area contributed by atoms with Crippen LogP contribution in [0, 0.1) is 0 Å². The zero-order valence-electron chi connectivity index (χ0n) is 11.4. The van der Waals surface area contributed by atoms with Gasteiger partial charge in [0.25, 0.3) is 0 Å². The Morgan fingerprint density at radius 3 is 2.29 bits per heavy atom. The Kier molecular flexibility index (Phi) is 3.88. The Morgan fingerprint density at radius 1 is 1.00 bits per heavy atom. The van der Waals surface area contributed by atoms with E-state index in [4.69, 9.17) is 0 Å². The molecule has 2 rings (SSSR count). The summed E-state index contributed by atoms with van der Waals surface area (Å²) in [5, 5.41) is 3.81. The second-order valence-corrected chi connectivity index (χ2v) is 6.30. The molecule has 0 bridgehead atoms. The van der Waals surface area contributed by atoms with Crippen molar-refractivity contribution in [3.05, 3.63) is 35.9 Å². The third-order valence-electron chi connectivity index (χ3n) is 3.61. The molecule has 0 radical (unpaired) electrons. The van der Waals surface area contributed by atoms with E-state index in [2.05, 4.69) is 56.4 Å². The first-order valence-electron chi connectivity index (χ1n) is 6.89. The van der Waals surface area contributed by atoms with Gasteiger partial charge in [0.2, 0.25) is 0 Å². The first-order chi connectivity index (χ1) is 8.06. The van der Waals surface area contributed by atoms with E-state index in [0.29, 0.717) is 12.0 Å². The molecule has 1 aromatic carbocycles. The van der Waals surface area contributed by atoms with E-state index in [0.717, 1.165) is 0 Å². The Morgan fingerprint density at radius 2 is 1.65 bits per heavy atom. The second kappa shape index (κ2) is 5.22. The fourth-order valence-corrected chi connectivity index (χ4v) is 2.96.